The molecule has 1 aromatic rings. The molecule has 2 rings (SSSR count). The number of aldehydes is 1. The third kappa shape index (κ3) is 1.39. The smallest absolute Gasteiger partial charge is 0.151 e. The van der Waals surface area contributed by atoms with Crippen LogP contribution in [0.1, 0.15) is 47.6 Å². The van der Waals surface area contributed by atoms with Crippen LogP contribution in [0.4, 0.5) is 0 Å². The van der Waals surface area contributed by atoms with Gasteiger partial charge in [0.25, 0.3) is 0 Å². The predicted octanol–water partition coefficient (Wildman–Crippen LogP) is 2.89. The van der Waals surface area contributed by atoms with Gasteiger partial charge in [-0.15, -0.1) is 0 Å². The van der Waals surface area contributed by atoms with Crippen LogP contribution in [0, 0.1) is 19.8 Å². The Kier molecular flexibility index (Phi) is 2.22. The lowest BCUT2D eigenvalue weighted by Gasteiger charge is -2.17. The molecular formula is C12H17NO. The van der Waals surface area contributed by atoms with E-state index in [1.54, 1.807) is 0 Å². The SMILES string of the molecule is Cc1cc(C=O)c(C)n1C(C)C1CC1. The van der Waals surface area contributed by atoms with Crippen LogP contribution in [-0.2, 0) is 0 Å². The average molecular weight is 191 g/mol. The summed E-state index contributed by atoms with van der Waals surface area (Å²) < 4.78 is 2.31. The zero-order valence-electron chi connectivity index (χ0n) is 9.08. The van der Waals surface area contributed by atoms with Crippen molar-refractivity contribution in [3.63, 3.8) is 0 Å². The van der Waals surface area contributed by atoms with Crippen molar-refractivity contribution in [2.75, 3.05) is 0 Å². The highest BCUT2D eigenvalue weighted by Gasteiger charge is 2.30. The summed E-state index contributed by atoms with van der Waals surface area (Å²) in [5.74, 6) is 0.833. The van der Waals surface area contributed by atoms with E-state index in [0.717, 1.165) is 23.5 Å². The third-order valence-corrected chi connectivity index (χ3v) is 3.36. The molecule has 2 heteroatoms. The van der Waals surface area contributed by atoms with Crippen molar-refractivity contribution in [3.05, 3.63) is 23.0 Å². The van der Waals surface area contributed by atoms with Gasteiger partial charge in [0.2, 0.25) is 0 Å². The van der Waals surface area contributed by atoms with Gasteiger partial charge in [-0.05, 0) is 45.6 Å². The van der Waals surface area contributed by atoms with Crippen molar-refractivity contribution in [1.29, 1.82) is 0 Å². The molecule has 76 valence electrons. The first-order valence-electron chi connectivity index (χ1n) is 5.28. The van der Waals surface area contributed by atoms with Crippen LogP contribution >= 0.6 is 0 Å². The summed E-state index contributed by atoms with van der Waals surface area (Å²) in [6.07, 6.45) is 3.64. The van der Waals surface area contributed by atoms with Gasteiger partial charge in [-0.25, -0.2) is 0 Å². The lowest BCUT2D eigenvalue weighted by Crippen LogP contribution is -2.10. The molecule has 1 aliphatic rings. The molecule has 1 atom stereocenters. The van der Waals surface area contributed by atoms with Gasteiger partial charge < -0.3 is 4.57 Å². The normalized spacial score (nSPS) is 18.2. The highest BCUT2D eigenvalue weighted by Crippen LogP contribution is 2.40. The van der Waals surface area contributed by atoms with E-state index >= 15 is 0 Å². The van der Waals surface area contributed by atoms with Gasteiger partial charge >= 0.3 is 0 Å². The molecule has 0 bridgehead atoms. The van der Waals surface area contributed by atoms with Crippen LogP contribution < -0.4 is 0 Å². The van der Waals surface area contributed by atoms with Crippen molar-refractivity contribution >= 4 is 6.29 Å². The van der Waals surface area contributed by atoms with Crippen LogP contribution in [0.2, 0.25) is 0 Å². The number of carbonyl (C=O) groups excluding carboxylic acids is 1. The van der Waals surface area contributed by atoms with Crippen LogP contribution in [0.5, 0.6) is 0 Å². The van der Waals surface area contributed by atoms with Crippen molar-refractivity contribution in [3.8, 4) is 0 Å². The molecule has 1 aromatic heterocycles. The topological polar surface area (TPSA) is 22.0 Å². The van der Waals surface area contributed by atoms with Crippen LogP contribution in [0.3, 0.4) is 0 Å². The van der Waals surface area contributed by atoms with E-state index in [1.165, 1.54) is 18.5 Å². The van der Waals surface area contributed by atoms with Crippen molar-refractivity contribution in [1.82, 2.24) is 4.57 Å². The molecule has 0 aromatic carbocycles. The Hall–Kier alpha value is -1.05. The first kappa shape index (κ1) is 9.50. The second-order valence-electron chi connectivity index (χ2n) is 4.39. The van der Waals surface area contributed by atoms with Crippen molar-refractivity contribution < 1.29 is 4.79 Å². The van der Waals surface area contributed by atoms with E-state index in [4.69, 9.17) is 0 Å². The molecule has 1 heterocycles. The zero-order chi connectivity index (χ0) is 10.3. The highest BCUT2D eigenvalue weighted by atomic mass is 16.1. The van der Waals surface area contributed by atoms with Gasteiger partial charge in [0, 0.05) is 23.0 Å². The molecule has 0 N–H and O–H groups in total. The Labute approximate surface area is 84.9 Å². The van der Waals surface area contributed by atoms with Gasteiger partial charge in [0.15, 0.2) is 6.29 Å². The Morgan fingerprint density at radius 3 is 2.57 bits per heavy atom. The van der Waals surface area contributed by atoms with Crippen molar-refractivity contribution in [2.45, 2.75) is 39.7 Å². The molecule has 2 nitrogen and oxygen atoms in total. The number of nitrogens with zero attached hydrogens (tertiary/aromatic N) is 1. The first-order chi connectivity index (χ1) is 6.65. The summed E-state index contributed by atoms with van der Waals surface area (Å²) in [5.41, 5.74) is 3.18. The van der Waals surface area contributed by atoms with E-state index in [-0.39, 0.29) is 0 Å². The van der Waals surface area contributed by atoms with Crippen LogP contribution in [0.15, 0.2) is 6.07 Å². The van der Waals surface area contributed by atoms with Gasteiger partial charge in [-0.3, -0.25) is 4.79 Å². The second kappa shape index (κ2) is 3.26. The van der Waals surface area contributed by atoms with Gasteiger partial charge in [-0.2, -0.15) is 0 Å². The van der Waals surface area contributed by atoms with E-state index in [1.807, 2.05) is 13.0 Å². The molecule has 1 unspecified atom stereocenters. The predicted molar refractivity (Wildman–Crippen MR) is 56.7 cm³/mol. The van der Waals surface area contributed by atoms with E-state index < -0.39 is 0 Å². The number of hydrogen-bond donors (Lipinski definition) is 0. The second-order valence-corrected chi connectivity index (χ2v) is 4.39. The summed E-state index contributed by atoms with van der Waals surface area (Å²) in [6.45, 7) is 6.38. The number of aromatic nitrogens is 1. The molecule has 1 fully saturated rings. The standard InChI is InChI=1S/C12H17NO/c1-8-6-12(7-14)10(3)13(8)9(2)11-4-5-11/h6-7,9,11H,4-5H2,1-3H3. The molecule has 0 spiro atoms. The number of aryl methyl sites for hydroxylation is 1. The molecule has 14 heavy (non-hydrogen) atoms. The van der Waals surface area contributed by atoms with E-state index in [0.29, 0.717) is 6.04 Å². The van der Waals surface area contributed by atoms with Gasteiger partial charge in [-0.1, -0.05) is 0 Å². The summed E-state index contributed by atoms with van der Waals surface area (Å²) in [6, 6.07) is 2.55. The molecule has 1 saturated carbocycles. The quantitative estimate of drug-likeness (QED) is 0.673. The summed E-state index contributed by atoms with van der Waals surface area (Å²) >= 11 is 0. The molecular weight excluding hydrogens is 174 g/mol. The fourth-order valence-electron chi connectivity index (χ4n) is 2.34. The molecule has 0 saturated heterocycles. The lowest BCUT2D eigenvalue weighted by molar-refractivity contribution is 0.112. The first-order valence-corrected chi connectivity index (χ1v) is 5.28. The molecule has 0 amide bonds. The maximum Gasteiger partial charge on any atom is 0.151 e. The zero-order valence-corrected chi connectivity index (χ0v) is 9.08. The minimum absolute atomic E-state index is 0.559. The Balaban J connectivity index is 2.39. The van der Waals surface area contributed by atoms with Gasteiger partial charge in [0.1, 0.15) is 0 Å². The fraction of sp³-hybridized carbons (Fsp3) is 0.583. The maximum atomic E-state index is 10.8. The largest absolute Gasteiger partial charge is 0.345 e. The number of carbonyl (C=O) groups is 1. The molecule has 1 aliphatic carbocycles. The van der Waals surface area contributed by atoms with Crippen LogP contribution in [0.25, 0.3) is 0 Å². The average Bonchev–Trinajstić information content (AvgIpc) is 2.93. The van der Waals surface area contributed by atoms with Gasteiger partial charge in [0.05, 0.1) is 0 Å². The molecule has 0 radical (unpaired) electrons. The summed E-state index contributed by atoms with van der Waals surface area (Å²) in [4.78, 5) is 10.8. The van der Waals surface area contributed by atoms with E-state index in [2.05, 4.69) is 18.4 Å². The molecule has 0 aliphatic heterocycles. The third-order valence-electron chi connectivity index (χ3n) is 3.36. The Morgan fingerprint density at radius 2 is 2.14 bits per heavy atom. The maximum absolute atomic E-state index is 10.8. The van der Waals surface area contributed by atoms with E-state index in [9.17, 15) is 4.79 Å². The van der Waals surface area contributed by atoms with Crippen molar-refractivity contribution in [2.24, 2.45) is 5.92 Å². The minimum atomic E-state index is 0.559. The highest BCUT2D eigenvalue weighted by molar-refractivity contribution is 5.77. The summed E-state index contributed by atoms with van der Waals surface area (Å²) in [5, 5.41) is 0. The Bertz CT molecular complexity index is 361. The fourth-order valence-corrected chi connectivity index (χ4v) is 2.34. The number of hydrogen-bond acceptors (Lipinski definition) is 1. The summed E-state index contributed by atoms with van der Waals surface area (Å²) in [7, 11) is 0. The lowest BCUT2D eigenvalue weighted by atomic mass is 10.2. The number of rotatable bonds is 3. The minimum Gasteiger partial charge on any atom is -0.345 e. The monoisotopic (exact) mass is 191 g/mol. The Morgan fingerprint density at radius 1 is 1.50 bits per heavy atom. The van der Waals surface area contributed by atoms with Crippen LogP contribution in [-0.4, -0.2) is 10.9 Å².